The second kappa shape index (κ2) is 11.5. The number of hydrogen-bond acceptors (Lipinski definition) is 6. The maximum atomic E-state index is 12.2. The zero-order chi connectivity index (χ0) is 27.3. The molecule has 0 unspecified atom stereocenters. The zero-order valence-electron chi connectivity index (χ0n) is 22.3. The first-order valence-corrected chi connectivity index (χ1v) is 13.6. The van der Waals surface area contributed by atoms with E-state index in [4.69, 9.17) is 13.7 Å². The molecule has 0 saturated carbocycles. The Balaban J connectivity index is 2.10. The Bertz CT molecular complexity index is 1440. The maximum absolute atomic E-state index is 12.2. The molecule has 3 rings (SSSR count). The molecule has 0 fully saturated rings. The van der Waals surface area contributed by atoms with Crippen LogP contribution in [-0.4, -0.2) is 34.3 Å². The first-order chi connectivity index (χ1) is 17.4. The average Bonchev–Trinajstić information content (AvgIpc) is 2.81. The Labute approximate surface area is 219 Å². The lowest BCUT2D eigenvalue weighted by Gasteiger charge is -2.21. The third-order valence-corrected chi connectivity index (χ3v) is 6.18. The molecule has 3 aromatic carbocycles. The van der Waals surface area contributed by atoms with Crippen LogP contribution in [0.5, 0.6) is 17.2 Å². The molecule has 196 valence electrons. The minimum atomic E-state index is -3.61. The molecular weight excluding hydrogens is 490 g/mol. The van der Waals surface area contributed by atoms with E-state index in [2.05, 4.69) is 5.32 Å². The summed E-state index contributed by atoms with van der Waals surface area (Å²) in [7, 11) is -2.02. The quantitative estimate of drug-likeness (QED) is 0.262. The van der Waals surface area contributed by atoms with Gasteiger partial charge in [0, 0.05) is 12.5 Å². The average molecular weight is 524 g/mol. The number of methoxy groups -OCH3 is 1. The van der Waals surface area contributed by atoms with Gasteiger partial charge < -0.3 is 19.0 Å². The molecule has 0 aliphatic heterocycles. The van der Waals surface area contributed by atoms with E-state index in [0.29, 0.717) is 23.8 Å². The van der Waals surface area contributed by atoms with Gasteiger partial charge in [0.2, 0.25) is 5.91 Å². The maximum Gasteiger partial charge on any atom is 0.306 e. The van der Waals surface area contributed by atoms with Gasteiger partial charge >= 0.3 is 10.1 Å². The van der Waals surface area contributed by atoms with Crippen molar-refractivity contribution in [3.63, 3.8) is 0 Å². The molecule has 1 N–H and O–H groups in total. The van der Waals surface area contributed by atoms with Crippen molar-refractivity contribution in [2.45, 2.75) is 34.6 Å². The van der Waals surface area contributed by atoms with Crippen LogP contribution >= 0.6 is 0 Å². The topological polar surface area (TPSA) is 90.9 Å². The van der Waals surface area contributed by atoms with Crippen molar-refractivity contribution in [3.8, 4) is 39.5 Å². The molecule has 0 spiro atoms. The third-order valence-electron chi connectivity index (χ3n) is 5.68. The van der Waals surface area contributed by atoms with Gasteiger partial charge in [0.25, 0.3) is 0 Å². The summed E-state index contributed by atoms with van der Waals surface area (Å²) in [6, 6.07) is 14.6. The van der Waals surface area contributed by atoms with Gasteiger partial charge in [-0.3, -0.25) is 4.79 Å². The van der Waals surface area contributed by atoms with E-state index in [1.807, 2.05) is 58.0 Å². The Hall–Kier alpha value is -3.78. The minimum absolute atomic E-state index is 0.188. The summed E-state index contributed by atoms with van der Waals surface area (Å²) in [6.45, 7) is 9.87. The normalized spacial score (nSPS) is 11.0. The van der Waals surface area contributed by atoms with Crippen LogP contribution in [0.15, 0.2) is 60.2 Å². The van der Waals surface area contributed by atoms with Gasteiger partial charge in [0.05, 0.1) is 19.1 Å². The monoisotopic (exact) mass is 523 g/mol. The lowest BCUT2D eigenvalue weighted by Crippen LogP contribution is -2.10. The lowest BCUT2D eigenvalue weighted by molar-refractivity contribution is -0.114. The smallest absolute Gasteiger partial charge is 0.306 e. The number of anilines is 1. The van der Waals surface area contributed by atoms with Crippen LogP contribution in [0.3, 0.4) is 0 Å². The molecular formula is C29H33NO6S. The molecule has 37 heavy (non-hydrogen) atoms. The van der Waals surface area contributed by atoms with Crippen LogP contribution in [-0.2, 0) is 14.9 Å². The highest BCUT2D eigenvalue weighted by atomic mass is 32.2. The summed E-state index contributed by atoms with van der Waals surface area (Å²) in [4.78, 5) is 12.2. The summed E-state index contributed by atoms with van der Waals surface area (Å²) in [5.74, 6) is 1.27. The molecule has 8 heteroatoms. The fourth-order valence-corrected chi connectivity index (χ4v) is 4.49. The SMILES string of the molecule is COc1cc(-c2c(C)cc(-c3ccc(OS(C)(=O)=O)cc3)c(C)c2NC(C)=O)ccc1OCC=C(C)C. The fourth-order valence-electron chi connectivity index (χ4n) is 4.03. The van der Waals surface area contributed by atoms with Crippen molar-refractivity contribution in [3.05, 3.63) is 71.3 Å². The second-order valence-corrected chi connectivity index (χ2v) is 10.6. The minimum Gasteiger partial charge on any atom is -0.493 e. The Morgan fingerprint density at radius 2 is 1.59 bits per heavy atom. The Morgan fingerprint density at radius 3 is 2.16 bits per heavy atom. The van der Waals surface area contributed by atoms with Crippen LogP contribution < -0.4 is 19.0 Å². The van der Waals surface area contributed by atoms with Crippen molar-refractivity contribution in [2.24, 2.45) is 0 Å². The molecule has 1 amide bonds. The van der Waals surface area contributed by atoms with Gasteiger partial charge in [-0.1, -0.05) is 29.8 Å². The van der Waals surface area contributed by atoms with E-state index >= 15 is 0 Å². The van der Waals surface area contributed by atoms with Crippen molar-refractivity contribution in [1.29, 1.82) is 0 Å². The number of carbonyl (C=O) groups excluding carboxylic acids is 1. The first kappa shape index (κ1) is 27.8. The van der Waals surface area contributed by atoms with E-state index in [9.17, 15) is 13.2 Å². The van der Waals surface area contributed by atoms with Crippen molar-refractivity contribution in [2.75, 3.05) is 25.3 Å². The van der Waals surface area contributed by atoms with Crippen molar-refractivity contribution < 1.29 is 26.9 Å². The number of benzene rings is 3. The van der Waals surface area contributed by atoms with Gasteiger partial charge in [-0.25, -0.2) is 0 Å². The molecule has 3 aromatic rings. The molecule has 0 radical (unpaired) electrons. The molecule has 0 bridgehead atoms. The number of nitrogens with one attached hydrogen (secondary N) is 1. The highest BCUT2D eigenvalue weighted by molar-refractivity contribution is 7.86. The summed E-state index contributed by atoms with van der Waals surface area (Å²) >= 11 is 0. The van der Waals surface area contributed by atoms with Gasteiger partial charge in [0.15, 0.2) is 11.5 Å². The van der Waals surface area contributed by atoms with Crippen molar-refractivity contribution >= 4 is 21.7 Å². The van der Waals surface area contributed by atoms with E-state index in [1.54, 1.807) is 31.4 Å². The van der Waals surface area contributed by atoms with Crippen LogP contribution in [0.1, 0.15) is 31.9 Å². The molecule has 0 aromatic heterocycles. The second-order valence-electron chi connectivity index (χ2n) is 9.07. The van der Waals surface area contributed by atoms with Crippen molar-refractivity contribution in [1.82, 2.24) is 0 Å². The van der Waals surface area contributed by atoms with Crippen LogP contribution in [0.2, 0.25) is 0 Å². The summed E-state index contributed by atoms with van der Waals surface area (Å²) in [5, 5.41) is 3.01. The largest absolute Gasteiger partial charge is 0.493 e. The predicted molar refractivity (Wildman–Crippen MR) is 148 cm³/mol. The number of aryl methyl sites for hydroxylation is 1. The van der Waals surface area contributed by atoms with Gasteiger partial charge in [-0.15, -0.1) is 0 Å². The Morgan fingerprint density at radius 1 is 0.946 bits per heavy atom. The molecule has 0 atom stereocenters. The molecule has 0 saturated heterocycles. The number of allylic oxidation sites excluding steroid dienone is 1. The first-order valence-electron chi connectivity index (χ1n) is 11.8. The van der Waals surface area contributed by atoms with Gasteiger partial charge in [0.1, 0.15) is 12.4 Å². The standard InChI is InChI=1S/C29H33NO6S/c1-18(2)14-15-35-26-13-10-23(17-27(26)34-6)28-19(3)16-25(20(4)29(28)30-21(5)31)22-8-11-24(12-9-22)36-37(7,32)33/h8-14,16-17H,15H2,1-7H3,(H,30,31). The van der Waals surface area contributed by atoms with Gasteiger partial charge in [-0.2, -0.15) is 8.42 Å². The van der Waals surface area contributed by atoms with E-state index in [-0.39, 0.29) is 11.7 Å². The highest BCUT2D eigenvalue weighted by Crippen LogP contribution is 2.42. The van der Waals surface area contributed by atoms with Crippen LogP contribution in [0, 0.1) is 13.8 Å². The number of rotatable bonds is 9. The summed E-state index contributed by atoms with van der Waals surface area (Å²) in [6.07, 6.45) is 3.00. The predicted octanol–water partition coefficient (Wildman–Crippen LogP) is 6.29. The van der Waals surface area contributed by atoms with Crippen LogP contribution in [0.25, 0.3) is 22.3 Å². The Kier molecular flexibility index (Phi) is 8.65. The highest BCUT2D eigenvalue weighted by Gasteiger charge is 2.19. The number of ether oxygens (including phenoxy) is 2. The number of carbonyl (C=O) groups is 1. The van der Waals surface area contributed by atoms with E-state index in [0.717, 1.165) is 39.6 Å². The fraction of sp³-hybridized carbons (Fsp3) is 0.276. The number of amides is 1. The molecule has 0 aliphatic rings. The van der Waals surface area contributed by atoms with E-state index < -0.39 is 10.1 Å². The molecule has 0 heterocycles. The lowest BCUT2D eigenvalue weighted by atomic mass is 9.89. The van der Waals surface area contributed by atoms with Gasteiger partial charge in [-0.05, 0) is 85.9 Å². The van der Waals surface area contributed by atoms with E-state index in [1.165, 1.54) is 12.5 Å². The third kappa shape index (κ3) is 7.13. The summed E-state index contributed by atoms with van der Waals surface area (Å²) < 4.78 is 39.3. The molecule has 7 nitrogen and oxygen atoms in total. The summed E-state index contributed by atoms with van der Waals surface area (Å²) in [5.41, 5.74) is 7.20. The number of hydrogen-bond donors (Lipinski definition) is 1. The zero-order valence-corrected chi connectivity index (χ0v) is 23.1. The molecule has 0 aliphatic carbocycles. The van der Waals surface area contributed by atoms with Crippen LogP contribution in [0.4, 0.5) is 5.69 Å².